The molecule has 1 aromatic heterocycles. The molecule has 0 amide bonds. The van der Waals surface area contributed by atoms with Gasteiger partial charge in [0.05, 0.1) is 17.5 Å². The van der Waals surface area contributed by atoms with E-state index in [-0.39, 0.29) is 5.97 Å². The number of rotatable bonds is 4. The lowest BCUT2D eigenvalue weighted by atomic mass is 9.85. The van der Waals surface area contributed by atoms with Crippen molar-refractivity contribution in [2.24, 2.45) is 5.41 Å². The number of nitrogens with zero attached hydrogens (tertiary/aromatic N) is 1. The average molecular weight is 257 g/mol. The Kier molecular flexibility index (Phi) is 3.84. The Labute approximate surface area is 113 Å². The van der Waals surface area contributed by atoms with Gasteiger partial charge in [0.2, 0.25) is 0 Å². The summed E-state index contributed by atoms with van der Waals surface area (Å²) in [6.45, 7) is 6.08. The smallest absolute Gasteiger partial charge is 0.311 e. The first-order valence-corrected chi connectivity index (χ1v) is 6.54. The fraction of sp³-hybridized carbons (Fsp3) is 0.375. The monoisotopic (exact) mass is 257 g/mol. The molecule has 0 N–H and O–H groups in total. The number of hydrogen-bond donors (Lipinski definition) is 0. The zero-order valence-electron chi connectivity index (χ0n) is 11.6. The highest BCUT2D eigenvalue weighted by Gasteiger charge is 2.29. The Bertz CT molecular complexity index is 585. The van der Waals surface area contributed by atoms with E-state index in [1.165, 1.54) is 0 Å². The summed E-state index contributed by atoms with van der Waals surface area (Å²) < 4.78 is 5.14. The molecule has 0 atom stereocenters. The maximum absolute atomic E-state index is 12.0. The molecule has 0 aliphatic carbocycles. The molecule has 0 aliphatic heterocycles. The number of esters is 1. The number of pyridine rings is 1. The fourth-order valence-corrected chi connectivity index (χ4v) is 2.18. The summed E-state index contributed by atoms with van der Waals surface area (Å²) in [7, 11) is 0. The number of para-hydroxylation sites is 1. The van der Waals surface area contributed by atoms with E-state index in [2.05, 4.69) is 4.98 Å². The third-order valence-corrected chi connectivity index (χ3v) is 3.20. The molecule has 19 heavy (non-hydrogen) atoms. The van der Waals surface area contributed by atoms with E-state index in [1.807, 2.05) is 51.1 Å². The van der Waals surface area contributed by atoms with Crippen LogP contribution in [0, 0.1) is 5.41 Å². The van der Waals surface area contributed by atoms with Crippen molar-refractivity contribution in [2.75, 3.05) is 6.61 Å². The first-order chi connectivity index (χ1) is 9.04. The van der Waals surface area contributed by atoms with Crippen molar-refractivity contribution in [3.05, 3.63) is 42.1 Å². The zero-order valence-corrected chi connectivity index (χ0v) is 11.6. The highest BCUT2D eigenvalue weighted by atomic mass is 16.5. The molecule has 2 rings (SSSR count). The first-order valence-electron chi connectivity index (χ1n) is 6.54. The van der Waals surface area contributed by atoms with E-state index in [4.69, 9.17) is 4.74 Å². The Morgan fingerprint density at radius 3 is 2.74 bits per heavy atom. The van der Waals surface area contributed by atoms with E-state index >= 15 is 0 Å². The van der Waals surface area contributed by atoms with Gasteiger partial charge in [-0.25, -0.2) is 0 Å². The molecule has 100 valence electrons. The number of aromatic nitrogens is 1. The minimum Gasteiger partial charge on any atom is -0.466 e. The Morgan fingerprint density at radius 1 is 1.26 bits per heavy atom. The molecule has 0 radical (unpaired) electrons. The van der Waals surface area contributed by atoms with E-state index in [1.54, 1.807) is 6.20 Å². The predicted molar refractivity (Wildman–Crippen MR) is 75.9 cm³/mol. The fourth-order valence-electron chi connectivity index (χ4n) is 2.18. The first kappa shape index (κ1) is 13.5. The largest absolute Gasteiger partial charge is 0.466 e. The van der Waals surface area contributed by atoms with Crippen molar-refractivity contribution in [1.29, 1.82) is 0 Å². The summed E-state index contributed by atoms with van der Waals surface area (Å²) in [6.07, 6.45) is 2.44. The van der Waals surface area contributed by atoms with E-state index < -0.39 is 5.41 Å². The lowest BCUT2D eigenvalue weighted by molar-refractivity contribution is -0.153. The van der Waals surface area contributed by atoms with Gasteiger partial charge in [-0.15, -0.1) is 0 Å². The van der Waals surface area contributed by atoms with E-state index in [0.717, 1.165) is 16.5 Å². The molecule has 0 spiro atoms. The standard InChI is InChI=1S/C16H19NO2/c1-4-19-15(18)16(2,3)11-12-9-10-17-14-8-6-5-7-13(12)14/h5-10H,4,11H2,1-3H3. The molecule has 2 aromatic rings. The van der Waals surface area contributed by atoms with E-state index in [9.17, 15) is 4.79 Å². The van der Waals surface area contributed by atoms with Gasteiger partial charge in [-0.05, 0) is 44.9 Å². The van der Waals surface area contributed by atoms with Gasteiger partial charge in [0.1, 0.15) is 0 Å². The third-order valence-electron chi connectivity index (χ3n) is 3.20. The van der Waals surface area contributed by atoms with Gasteiger partial charge in [0, 0.05) is 11.6 Å². The average Bonchev–Trinajstić information content (AvgIpc) is 2.39. The van der Waals surface area contributed by atoms with Crippen molar-refractivity contribution in [2.45, 2.75) is 27.2 Å². The summed E-state index contributed by atoms with van der Waals surface area (Å²) >= 11 is 0. The maximum Gasteiger partial charge on any atom is 0.311 e. The number of ether oxygens (including phenoxy) is 1. The number of fused-ring (bicyclic) bond motifs is 1. The van der Waals surface area contributed by atoms with Crippen LogP contribution >= 0.6 is 0 Å². The lowest BCUT2D eigenvalue weighted by Gasteiger charge is -2.22. The van der Waals surface area contributed by atoms with Gasteiger partial charge >= 0.3 is 5.97 Å². The topological polar surface area (TPSA) is 39.2 Å². The van der Waals surface area contributed by atoms with Gasteiger partial charge < -0.3 is 4.74 Å². The predicted octanol–water partition coefficient (Wildman–Crippen LogP) is 3.37. The molecule has 0 fully saturated rings. The third kappa shape index (κ3) is 2.92. The van der Waals surface area contributed by atoms with Gasteiger partial charge in [-0.3, -0.25) is 9.78 Å². The van der Waals surface area contributed by atoms with Crippen LogP contribution in [-0.4, -0.2) is 17.6 Å². The Hall–Kier alpha value is -1.90. The molecule has 0 saturated carbocycles. The lowest BCUT2D eigenvalue weighted by Crippen LogP contribution is -2.29. The SMILES string of the molecule is CCOC(=O)C(C)(C)Cc1ccnc2ccccc12. The summed E-state index contributed by atoms with van der Waals surface area (Å²) in [4.78, 5) is 16.3. The highest BCUT2D eigenvalue weighted by molar-refractivity contribution is 5.83. The molecular formula is C16H19NO2. The molecule has 0 bridgehead atoms. The summed E-state index contributed by atoms with van der Waals surface area (Å²) in [5.41, 5.74) is 1.56. The molecule has 0 aliphatic rings. The van der Waals surface area contributed by atoms with Crippen LogP contribution < -0.4 is 0 Å². The summed E-state index contributed by atoms with van der Waals surface area (Å²) in [5.74, 6) is -0.157. The molecule has 1 heterocycles. The van der Waals surface area contributed by atoms with E-state index in [0.29, 0.717) is 13.0 Å². The second-order valence-electron chi connectivity index (χ2n) is 5.27. The molecular weight excluding hydrogens is 238 g/mol. The van der Waals surface area contributed by atoms with Gasteiger partial charge in [-0.1, -0.05) is 18.2 Å². The van der Waals surface area contributed by atoms with Crippen LogP contribution in [0.2, 0.25) is 0 Å². The quantitative estimate of drug-likeness (QED) is 0.788. The molecule has 1 aromatic carbocycles. The van der Waals surface area contributed by atoms with Crippen LogP contribution in [-0.2, 0) is 16.0 Å². The van der Waals surface area contributed by atoms with Crippen molar-refractivity contribution < 1.29 is 9.53 Å². The number of hydrogen-bond acceptors (Lipinski definition) is 3. The van der Waals surface area contributed by atoms with Crippen LogP contribution in [0.4, 0.5) is 0 Å². The normalized spacial score (nSPS) is 11.5. The van der Waals surface area contributed by atoms with Gasteiger partial charge in [0.25, 0.3) is 0 Å². The minimum absolute atomic E-state index is 0.157. The van der Waals surface area contributed by atoms with Crippen molar-refractivity contribution in [1.82, 2.24) is 4.98 Å². The Balaban J connectivity index is 2.33. The van der Waals surface area contributed by atoms with Crippen LogP contribution in [0.3, 0.4) is 0 Å². The minimum atomic E-state index is -0.528. The van der Waals surface area contributed by atoms with Crippen LogP contribution in [0.1, 0.15) is 26.3 Å². The van der Waals surface area contributed by atoms with Crippen molar-refractivity contribution in [3.63, 3.8) is 0 Å². The summed E-state index contributed by atoms with van der Waals surface area (Å²) in [6, 6.07) is 9.96. The number of carbonyl (C=O) groups excluding carboxylic acids is 1. The molecule has 3 nitrogen and oxygen atoms in total. The van der Waals surface area contributed by atoms with Crippen molar-refractivity contribution >= 4 is 16.9 Å². The van der Waals surface area contributed by atoms with Gasteiger partial charge in [0.15, 0.2) is 0 Å². The second kappa shape index (κ2) is 5.39. The van der Waals surface area contributed by atoms with Crippen molar-refractivity contribution in [3.8, 4) is 0 Å². The van der Waals surface area contributed by atoms with Crippen LogP contribution in [0.5, 0.6) is 0 Å². The number of benzene rings is 1. The van der Waals surface area contributed by atoms with Gasteiger partial charge in [-0.2, -0.15) is 0 Å². The molecule has 3 heteroatoms. The highest BCUT2D eigenvalue weighted by Crippen LogP contribution is 2.27. The maximum atomic E-state index is 12.0. The molecule has 0 saturated heterocycles. The zero-order chi connectivity index (χ0) is 13.9. The Morgan fingerprint density at radius 2 is 2.00 bits per heavy atom. The number of carbonyl (C=O) groups is 1. The van der Waals surface area contributed by atoms with Crippen LogP contribution in [0.15, 0.2) is 36.5 Å². The second-order valence-corrected chi connectivity index (χ2v) is 5.27. The molecule has 0 unspecified atom stereocenters. The summed E-state index contributed by atoms with van der Waals surface area (Å²) in [5, 5.41) is 1.10. The van der Waals surface area contributed by atoms with Crippen LogP contribution in [0.25, 0.3) is 10.9 Å².